The second kappa shape index (κ2) is 8.07. The van der Waals surface area contributed by atoms with Gasteiger partial charge in [0.25, 0.3) is 0 Å². The van der Waals surface area contributed by atoms with Crippen LogP contribution in [0.4, 0.5) is 13.2 Å². The van der Waals surface area contributed by atoms with E-state index in [0.717, 1.165) is 11.8 Å². The van der Waals surface area contributed by atoms with E-state index >= 15 is 0 Å². The summed E-state index contributed by atoms with van der Waals surface area (Å²) in [5, 5.41) is 18.5. The summed E-state index contributed by atoms with van der Waals surface area (Å²) in [5.74, 6) is 0. The van der Waals surface area contributed by atoms with Crippen molar-refractivity contribution in [1.82, 2.24) is 15.0 Å². The van der Waals surface area contributed by atoms with E-state index in [0.29, 0.717) is 27.1 Å². The topological polar surface area (TPSA) is 81.2 Å². The number of aromatic nitrogens is 3. The Bertz CT molecular complexity index is 1330. The molecule has 1 N–H and O–H groups in total. The average Bonchev–Trinajstić information content (AvgIpc) is 3.21. The molecule has 0 bridgehead atoms. The van der Waals surface area contributed by atoms with Gasteiger partial charge in [-0.05, 0) is 41.3 Å². The normalized spacial score (nSPS) is 13.9. The van der Waals surface area contributed by atoms with Crippen LogP contribution in [0, 0.1) is 0 Å². The van der Waals surface area contributed by atoms with E-state index in [1.54, 1.807) is 42.5 Å². The number of halogens is 4. The largest absolute Gasteiger partial charge is 0.423 e. The predicted molar refractivity (Wildman–Crippen MR) is 112 cm³/mol. The molecule has 32 heavy (non-hydrogen) atoms. The van der Waals surface area contributed by atoms with E-state index in [-0.39, 0.29) is 6.54 Å². The van der Waals surface area contributed by atoms with Gasteiger partial charge >= 0.3 is 11.8 Å². The molecule has 10 heteroatoms. The van der Waals surface area contributed by atoms with Crippen LogP contribution < -0.4 is 5.63 Å². The average molecular weight is 464 g/mol. The minimum absolute atomic E-state index is 0.0650. The van der Waals surface area contributed by atoms with Crippen LogP contribution in [0.2, 0.25) is 5.02 Å². The van der Waals surface area contributed by atoms with Crippen molar-refractivity contribution < 1.29 is 22.7 Å². The molecule has 6 nitrogen and oxygen atoms in total. The monoisotopic (exact) mass is 463 g/mol. The van der Waals surface area contributed by atoms with Gasteiger partial charge in [-0.3, -0.25) is 0 Å². The first kappa shape index (κ1) is 22.0. The Balaban J connectivity index is 1.68. The summed E-state index contributed by atoms with van der Waals surface area (Å²) in [5.41, 5.74) is -1.80. The highest BCUT2D eigenvalue weighted by molar-refractivity contribution is 6.30. The highest BCUT2D eigenvalue weighted by Gasteiger charge is 2.55. The van der Waals surface area contributed by atoms with Crippen molar-refractivity contribution in [2.24, 2.45) is 0 Å². The highest BCUT2D eigenvalue weighted by atomic mass is 35.5. The number of fused-ring (bicyclic) bond motifs is 1. The zero-order chi connectivity index (χ0) is 23.1. The second-order valence-electron chi connectivity index (χ2n) is 7.33. The van der Waals surface area contributed by atoms with E-state index in [4.69, 9.17) is 16.0 Å². The zero-order valence-corrected chi connectivity index (χ0v) is 17.5. The van der Waals surface area contributed by atoms with E-state index in [1.165, 1.54) is 17.7 Å². The summed E-state index contributed by atoms with van der Waals surface area (Å²) in [6, 6.07) is 13.5. The molecule has 0 saturated heterocycles. The lowest BCUT2D eigenvalue weighted by Gasteiger charge is -2.26. The van der Waals surface area contributed by atoms with Crippen molar-refractivity contribution >= 4 is 22.6 Å². The van der Waals surface area contributed by atoms with Gasteiger partial charge in [-0.25, -0.2) is 9.48 Å². The summed E-state index contributed by atoms with van der Waals surface area (Å²) in [6.07, 6.45) is -4.42. The highest BCUT2D eigenvalue weighted by Crippen LogP contribution is 2.40. The van der Waals surface area contributed by atoms with E-state index in [1.807, 2.05) is 0 Å². The van der Waals surface area contributed by atoms with Gasteiger partial charge in [0.15, 0.2) is 0 Å². The number of aliphatic hydroxyl groups is 1. The molecule has 2 aromatic heterocycles. The molecule has 1 unspecified atom stereocenters. The van der Waals surface area contributed by atoms with Crippen molar-refractivity contribution in [1.29, 1.82) is 0 Å². The molecule has 0 radical (unpaired) electrons. The summed E-state index contributed by atoms with van der Waals surface area (Å²) in [6.45, 7) is 1.28. The van der Waals surface area contributed by atoms with Gasteiger partial charge in [0.1, 0.15) is 11.3 Å². The quantitative estimate of drug-likeness (QED) is 0.425. The predicted octanol–water partition coefficient (Wildman–Crippen LogP) is 4.91. The number of hydrogen-bond acceptors (Lipinski definition) is 5. The molecule has 0 saturated carbocycles. The number of nitrogens with zero attached hydrogens (tertiary/aromatic N) is 3. The SMILES string of the molecule is CCC(O)(c1cn(Cc2ccc3c(-c4ccc(Cl)cc4)cc(=O)oc3c2)nn1)C(F)(F)F. The molecule has 0 fully saturated rings. The number of benzene rings is 2. The third-order valence-corrected chi connectivity index (χ3v) is 5.50. The molecule has 2 heterocycles. The summed E-state index contributed by atoms with van der Waals surface area (Å²) >= 11 is 5.94. The van der Waals surface area contributed by atoms with Crippen molar-refractivity contribution in [3.8, 4) is 11.1 Å². The fourth-order valence-electron chi connectivity index (χ4n) is 3.45. The molecule has 4 aromatic rings. The Labute approximate surface area is 184 Å². The molecular weight excluding hydrogens is 447 g/mol. The van der Waals surface area contributed by atoms with Crippen LogP contribution in [-0.2, 0) is 12.1 Å². The van der Waals surface area contributed by atoms with Crippen molar-refractivity contribution in [3.63, 3.8) is 0 Å². The maximum absolute atomic E-state index is 13.3. The van der Waals surface area contributed by atoms with Crippen LogP contribution in [0.25, 0.3) is 22.1 Å². The third-order valence-electron chi connectivity index (χ3n) is 5.25. The molecule has 4 rings (SSSR count). The lowest BCUT2D eigenvalue weighted by molar-refractivity contribution is -0.269. The van der Waals surface area contributed by atoms with E-state index in [2.05, 4.69) is 10.3 Å². The van der Waals surface area contributed by atoms with E-state index in [9.17, 15) is 23.1 Å². The van der Waals surface area contributed by atoms with Crippen LogP contribution in [0.3, 0.4) is 0 Å². The lowest BCUT2D eigenvalue weighted by atomic mass is 9.96. The minimum Gasteiger partial charge on any atom is -0.423 e. The second-order valence-corrected chi connectivity index (χ2v) is 7.77. The molecule has 1 atom stereocenters. The molecule has 0 spiro atoms. The van der Waals surface area contributed by atoms with Crippen LogP contribution in [-0.4, -0.2) is 26.3 Å². The number of rotatable bonds is 5. The molecule has 2 aromatic carbocycles. The lowest BCUT2D eigenvalue weighted by Crippen LogP contribution is -2.42. The Morgan fingerprint density at radius 2 is 1.84 bits per heavy atom. The van der Waals surface area contributed by atoms with Gasteiger partial charge in [-0.1, -0.05) is 48.0 Å². The van der Waals surface area contributed by atoms with E-state index < -0.39 is 29.5 Å². The molecule has 0 amide bonds. The van der Waals surface area contributed by atoms with Crippen LogP contribution in [0.5, 0.6) is 0 Å². The fourth-order valence-corrected chi connectivity index (χ4v) is 3.58. The Hall–Kier alpha value is -3.17. The standard InChI is InChI=1S/C22H17ClF3N3O3/c1-2-21(31,22(24,25)26)19-12-29(28-27-19)11-13-3-8-16-17(10-20(30)32-18(16)9-13)14-4-6-15(23)7-5-14/h3-10,12,31H,2,11H2,1H3. The molecular formula is C22H17ClF3N3O3. The minimum atomic E-state index is -4.88. The van der Waals surface area contributed by atoms with Gasteiger partial charge in [0.05, 0.1) is 12.7 Å². The van der Waals surface area contributed by atoms with Crippen molar-refractivity contribution in [2.45, 2.75) is 31.7 Å². The van der Waals surface area contributed by atoms with Crippen LogP contribution in [0.1, 0.15) is 24.6 Å². The first-order valence-corrected chi connectivity index (χ1v) is 10.0. The van der Waals surface area contributed by atoms with Gasteiger partial charge < -0.3 is 9.52 Å². The van der Waals surface area contributed by atoms with Crippen molar-refractivity contribution in [2.75, 3.05) is 0 Å². The summed E-state index contributed by atoms with van der Waals surface area (Å²) in [7, 11) is 0. The van der Waals surface area contributed by atoms with Crippen LogP contribution >= 0.6 is 11.6 Å². The van der Waals surface area contributed by atoms with Crippen LogP contribution in [0.15, 0.2) is 63.9 Å². The maximum atomic E-state index is 13.3. The molecule has 166 valence electrons. The Morgan fingerprint density at radius 3 is 2.50 bits per heavy atom. The Kier molecular flexibility index (Phi) is 5.56. The Morgan fingerprint density at radius 1 is 1.12 bits per heavy atom. The first-order chi connectivity index (χ1) is 15.1. The third kappa shape index (κ3) is 4.01. The summed E-state index contributed by atoms with van der Waals surface area (Å²) < 4.78 is 46.3. The summed E-state index contributed by atoms with van der Waals surface area (Å²) in [4.78, 5) is 12.1. The van der Waals surface area contributed by atoms with Gasteiger partial charge in [-0.15, -0.1) is 5.10 Å². The van der Waals surface area contributed by atoms with Gasteiger partial charge in [0.2, 0.25) is 5.60 Å². The molecule has 0 aliphatic heterocycles. The fraction of sp³-hybridized carbons (Fsp3) is 0.227. The van der Waals surface area contributed by atoms with Gasteiger partial charge in [-0.2, -0.15) is 13.2 Å². The van der Waals surface area contributed by atoms with Crippen molar-refractivity contribution in [3.05, 3.63) is 81.4 Å². The zero-order valence-electron chi connectivity index (χ0n) is 16.7. The molecule has 0 aliphatic carbocycles. The van der Waals surface area contributed by atoms with Gasteiger partial charge in [0, 0.05) is 16.5 Å². The molecule has 0 aliphatic rings. The maximum Gasteiger partial charge on any atom is 0.423 e. The first-order valence-electron chi connectivity index (χ1n) is 9.63. The smallest absolute Gasteiger partial charge is 0.423 e. The number of alkyl halides is 3. The number of hydrogen-bond donors (Lipinski definition) is 1.